The third-order valence-corrected chi connectivity index (χ3v) is 1.65. The summed E-state index contributed by atoms with van der Waals surface area (Å²) in [5.74, 6) is 0. The lowest BCUT2D eigenvalue weighted by Gasteiger charge is -1.89. The van der Waals surface area contributed by atoms with Crippen LogP contribution < -0.4 is 4.90 Å². The zero-order valence-corrected chi connectivity index (χ0v) is 6.23. The molecular weight excluding hydrogens is 156 g/mol. The highest BCUT2D eigenvalue weighted by Gasteiger charge is 2.07. The van der Waals surface area contributed by atoms with Gasteiger partial charge in [-0.25, -0.2) is 0 Å². The van der Waals surface area contributed by atoms with Crippen LogP contribution in [0.3, 0.4) is 0 Å². The molecule has 1 aromatic carbocycles. The molecule has 0 radical (unpaired) electrons. The number of nitrogens with zero attached hydrogens (tertiary/aromatic N) is 2. The van der Waals surface area contributed by atoms with E-state index in [1.54, 1.807) is 18.2 Å². The maximum Gasteiger partial charge on any atom is 0.248 e. The first kappa shape index (κ1) is 6.84. The van der Waals surface area contributed by atoms with Crippen LogP contribution in [0.5, 0.6) is 0 Å². The van der Waals surface area contributed by atoms with Crippen LogP contribution >= 0.6 is 0 Å². The number of rotatable bonds is 1. The van der Waals surface area contributed by atoms with E-state index in [1.807, 2.05) is 6.07 Å². The van der Waals surface area contributed by atoms with Gasteiger partial charge in [-0.3, -0.25) is 4.63 Å². The van der Waals surface area contributed by atoms with E-state index >= 15 is 0 Å². The highest BCUT2D eigenvalue weighted by molar-refractivity contribution is 5.73. The molecule has 0 fully saturated rings. The summed E-state index contributed by atoms with van der Waals surface area (Å²) in [6, 6.07) is 5.20. The molecule has 1 aromatic heterocycles. The van der Waals surface area contributed by atoms with Gasteiger partial charge >= 0.3 is 0 Å². The SMILES string of the molecule is C=Cc1ccc2no[n+]([O-])c2c1. The number of hydrogen-bond donors (Lipinski definition) is 0. The fraction of sp³-hybridized carbons (Fsp3) is 0. The Bertz CT molecular complexity index is 434. The molecule has 0 spiro atoms. The van der Waals surface area contributed by atoms with Crippen LogP contribution in [0.4, 0.5) is 0 Å². The molecule has 0 N–H and O–H groups in total. The Hall–Kier alpha value is -1.84. The molecule has 0 atom stereocenters. The largest absolute Gasteiger partial charge is 0.359 e. The average Bonchev–Trinajstić information content (AvgIpc) is 2.47. The Morgan fingerprint density at radius 2 is 2.42 bits per heavy atom. The molecule has 0 saturated heterocycles. The molecule has 1 heterocycles. The highest BCUT2D eigenvalue weighted by Crippen LogP contribution is 2.10. The molecule has 0 amide bonds. The van der Waals surface area contributed by atoms with Crippen molar-refractivity contribution in [2.45, 2.75) is 0 Å². The van der Waals surface area contributed by atoms with Gasteiger partial charge in [0.25, 0.3) is 0 Å². The normalized spacial score (nSPS) is 10.3. The van der Waals surface area contributed by atoms with Gasteiger partial charge in [-0.15, -0.1) is 0 Å². The van der Waals surface area contributed by atoms with Crippen LogP contribution in [-0.4, -0.2) is 5.16 Å². The van der Waals surface area contributed by atoms with Gasteiger partial charge in [-0.1, -0.05) is 18.7 Å². The molecule has 0 aliphatic heterocycles. The van der Waals surface area contributed by atoms with E-state index < -0.39 is 0 Å². The monoisotopic (exact) mass is 162 g/mol. The molecule has 4 nitrogen and oxygen atoms in total. The fourth-order valence-corrected chi connectivity index (χ4v) is 1.02. The van der Waals surface area contributed by atoms with Crippen LogP contribution in [0.1, 0.15) is 5.56 Å². The average molecular weight is 162 g/mol. The number of aromatic nitrogens is 2. The van der Waals surface area contributed by atoms with Crippen molar-refractivity contribution in [2.24, 2.45) is 0 Å². The first-order chi connectivity index (χ1) is 5.81. The molecule has 4 heteroatoms. The second kappa shape index (κ2) is 2.34. The lowest BCUT2D eigenvalue weighted by molar-refractivity contribution is -0.782. The third kappa shape index (κ3) is 0.852. The first-order valence-electron chi connectivity index (χ1n) is 3.43. The van der Waals surface area contributed by atoms with Gasteiger partial charge in [0.1, 0.15) is 0 Å². The minimum absolute atomic E-state index is 0.377. The van der Waals surface area contributed by atoms with E-state index in [4.69, 9.17) is 0 Å². The Morgan fingerprint density at radius 3 is 3.17 bits per heavy atom. The number of benzene rings is 1. The van der Waals surface area contributed by atoms with Crippen LogP contribution in [0, 0.1) is 5.21 Å². The summed E-state index contributed by atoms with van der Waals surface area (Å²) in [5, 5.41) is 14.4. The van der Waals surface area contributed by atoms with E-state index in [-0.39, 0.29) is 0 Å². The van der Waals surface area contributed by atoms with E-state index in [1.165, 1.54) is 0 Å². The van der Waals surface area contributed by atoms with Crippen LogP contribution in [0.25, 0.3) is 17.1 Å². The van der Waals surface area contributed by atoms with Crippen molar-refractivity contribution in [1.82, 2.24) is 5.16 Å². The van der Waals surface area contributed by atoms with Crippen molar-refractivity contribution in [1.29, 1.82) is 0 Å². The predicted octanol–water partition coefficient (Wildman–Crippen LogP) is 1.10. The quantitative estimate of drug-likeness (QED) is 0.590. The smallest absolute Gasteiger partial charge is 0.248 e. The van der Waals surface area contributed by atoms with Crippen molar-refractivity contribution in [3.63, 3.8) is 0 Å². The molecule has 0 unspecified atom stereocenters. The van der Waals surface area contributed by atoms with Crippen molar-refractivity contribution in [3.05, 3.63) is 35.5 Å². The molecule has 60 valence electrons. The minimum atomic E-state index is 0.377. The zero-order chi connectivity index (χ0) is 8.55. The van der Waals surface area contributed by atoms with Crippen molar-refractivity contribution in [3.8, 4) is 0 Å². The molecule has 2 rings (SSSR count). The molecule has 12 heavy (non-hydrogen) atoms. The van der Waals surface area contributed by atoms with Gasteiger partial charge in [-0.2, -0.15) is 0 Å². The number of fused-ring (bicyclic) bond motifs is 1. The third-order valence-electron chi connectivity index (χ3n) is 1.65. The van der Waals surface area contributed by atoms with Crippen LogP contribution in [0.15, 0.2) is 29.4 Å². The van der Waals surface area contributed by atoms with Gasteiger partial charge in [0.05, 0.1) is 0 Å². The Kier molecular flexibility index (Phi) is 1.33. The topological polar surface area (TPSA) is 53.0 Å². The van der Waals surface area contributed by atoms with Gasteiger partial charge < -0.3 is 5.21 Å². The molecule has 0 bridgehead atoms. The van der Waals surface area contributed by atoms with Crippen molar-refractivity contribution in [2.75, 3.05) is 0 Å². The summed E-state index contributed by atoms with van der Waals surface area (Å²) >= 11 is 0. The fourth-order valence-electron chi connectivity index (χ4n) is 1.02. The molecule has 2 aromatic rings. The molecule has 0 saturated carbocycles. The van der Waals surface area contributed by atoms with Gasteiger partial charge in [0, 0.05) is 11.2 Å². The Balaban J connectivity index is 2.79. The second-order valence-electron chi connectivity index (χ2n) is 2.38. The van der Waals surface area contributed by atoms with Gasteiger partial charge in [0.15, 0.2) is 0 Å². The molecule has 0 aliphatic carbocycles. The van der Waals surface area contributed by atoms with Crippen LogP contribution in [-0.2, 0) is 0 Å². The number of hydrogen-bond acceptors (Lipinski definition) is 3. The summed E-state index contributed by atoms with van der Waals surface area (Å²) in [7, 11) is 0. The molecular formula is C8H6N2O2. The van der Waals surface area contributed by atoms with E-state index in [2.05, 4.69) is 16.4 Å². The Morgan fingerprint density at radius 1 is 1.58 bits per heavy atom. The minimum Gasteiger partial charge on any atom is -0.359 e. The summed E-state index contributed by atoms with van der Waals surface area (Å²) in [6.45, 7) is 3.59. The van der Waals surface area contributed by atoms with Gasteiger partial charge in [-0.05, 0) is 16.5 Å². The van der Waals surface area contributed by atoms with Crippen molar-refractivity contribution < 1.29 is 9.53 Å². The van der Waals surface area contributed by atoms with Crippen molar-refractivity contribution >= 4 is 17.1 Å². The summed E-state index contributed by atoms with van der Waals surface area (Å²) in [4.78, 5) is 0.377. The summed E-state index contributed by atoms with van der Waals surface area (Å²) in [5.41, 5.74) is 1.85. The van der Waals surface area contributed by atoms with E-state index in [0.717, 1.165) is 5.56 Å². The standard InChI is InChI=1S/C8H6N2O2/c1-2-6-3-4-7-8(5-6)10(11)12-9-7/h2-5H,1H2. The highest BCUT2D eigenvalue weighted by atomic mass is 16.8. The summed E-state index contributed by atoms with van der Waals surface area (Å²) in [6.07, 6.45) is 1.66. The maximum atomic E-state index is 10.9. The van der Waals surface area contributed by atoms with E-state index in [0.29, 0.717) is 15.9 Å². The first-order valence-corrected chi connectivity index (χ1v) is 3.43. The Labute approximate surface area is 68.2 Å². The second-order valence-corrected chi connectivity index (χ2v) is 2.38. The zero-order valence-electron chi connectivity index (χ0n) is 6.23. The lowest BCUT2D eigenvalue weighted by Crippen LogP contribution is -2.22. The van der Waals surface area contributed by atoms with E-state index in [9.17, 15) is 5.21 Å². The van der Waals surface area contributed by atoms with Gasteiger partial charge in [0.2, 0.25) is 11.0 Å². The lowest BCUT2D eigenvalue weighted by atomic mass is 10.2. The predicted molar refractivity (Wildman–Crippen MR) is 43.1 cm³/mol. The maximum absolute atomic E-state index is 10.9. The van der Waals surface area contributed by atoms with Crippen LogP contribution in [0.2, 0.25) is 0 Å². The molecule has 0 aliphatic rings. The summed E-state index contributed by atoms with van der Waals surface area (Å²) < 4.78 is 4.39.